The van der Waals surface area contributed by atoms with Crippen molar-refractivity contribution in [2.45, 2.75) is 4.90 Å². The van der Waals surface area contributed by atoms with Crippen molar-refractivity contribution in [1.82, 2.24) is 0 Å². The molecule has 0 atom stereocenters. The number of rotatable bonds is 3. The van der Waals surface area contributed by atoms with E-state index in [1.807, 2.05) is 0 Å². The first-order chi connectivity index (χ1) is 9.68. The molecule has 0 saturated heterocycles. The second-order valence-corrected chi connectivity index (χ2v) is 6.59. The van der Waals surface area contributed by atoms with Crippen molar-refractivity contribution in [2.75, 3.05) is 5.73 Å². The van der Waals surface area contributed by atoms with Crippen LogP contribution >= 0.6 is 34.8 Å². The number of nitrogens with two attached hydrogens (primary N) is 1. The Morgan fingerprint density at radius 1 is 0.952 bits per heavy atom. The van der Waals surface area contributed by atoms with E-state index in [-0.39, 0.29) is 26.6 Å². The normalized spacial score (nSPS) is 11.4. The van der Waals surface area contributed by atoms with E-state index in [0.29, 0.717) is 5.69 Å². The summed E-state index contributed by atoms with van der Waals surface area (Å²) in [4.78, 5) is -0.523. The first-order valence-corrected chi connectivity index (χ1v) is 7.95. The Labute approximate surface area is 135 Å². The molecule has 5 nitrogen and oxygen atoms in total. The molecule has 0 heterocycles. The summed E-state index contributed by atoms with van der Waals surface area (Å²) in [6.07, 6.45) is 0. The minimum absolute atomic E-state index is 0.0416. The molecule has 2 aromatic carbocycles. The van der Waals surface area contributed by atoms with Crippen molar-refractivity contribution in [2.24, 2.45) is 0 Å². The van der Waals surface area contributed by atoms with E-state index in [9.17, 15) is 13.0 Å². The van der Waals surface area contributed by atoms with Gasteiger partial charge in [-0.3, -0.25) is 4.55 Å². The summed E-state index contributed by atoms with van der Waals surface area (Å²) < 4.78 is 37.3. The summed E-state index contributed by atoms with van der Waals surface area (Å²) in [5.74, 6) is -0.0623. The van der Waals surface area contributed by atoms with E-state index in [0.717, 1.165) is 6.07 Å². The van der Waals surface area contributed by atoms with Gasteiger partial charge in [0.2, 0.25) is 0 Å². The maximum atomic E-state index is 11.4. The molecule has 0 bridgehead atoms. The minimum Gasteiger partial charge on any atom is -0.454 e. The number of halogens is 3. The molecule has 0 aliphatic carbocycles. The summed E-state index contributed by atoms with van der Waals surface area (Å²) in [6.45, 7) is 0. The quantitative estimate of drug-likeness (QED) is 0.624. The standard InChI is InChI=1S/C12H8Cl3NO4S/c13-7-4-11(12(5-8(7)14)21(17,18)19)20-10-2-1-6(16)3-9(10)15/h1-5H,16H2,(H,17,18,19). The van der Waals surface area contributed by atoms with Crippen LogP contribution < -0.4 is 10.5 Å². The van der Waals surface area contributed by atoms with Crippen LogP contribution in [0.1, 0.15) is 0 Å². The molecule has 21 heavy (non-hydrogen) atoms. The predicted octanol–water partition coefficient (Wildman–Crippen LogP) is 4.27. The van der Waals surface area contributed by atoms with Gasteiger partial charge in [0.1, 0.15) is 16.4 Å². The third-order valence-corrected chi connectivity index (χ3v) is 4.33. The van der Waals surface area contributed by atoms with Crippen LogP contribution in [0, 0.1) is 0 Å². The summed E-state index contributed by atoms with van der Waals surface area (Å²) in [7, 11) is -4.55. The van der Waals surface area contributed by atoms with Gasteiger partial charge in [-0.15, -0.1) is 0 Å². The van der Waals surface area contributed by atoms with Gasteiger partial charge in [0.05, 0.1) is 15.1 Å². The number of nitrogen functional groups attached to an aromatic ring is 1. The highest BCUT2D eigenvalue weighted by Gasteiger charge is 2.20. The first kappa shape index (κ1) is 16.2. The van der Waals surface area contributed by atoms with E-state index < -0.39 is 15.0 Å². The molecule has 0 fully saturated rings. The number of anilines is 1. The maximum Gasteiger partial charge on any atom is 0.298 e. The average molecular weight is 369 g/mol. The largest absolute Gasteiger partial charge is 0.454 e. The zero-order valence-corrected chi connectivity index (χ0v) is 13.3. The molecular formula is C12H8Cl3NO4S. The lowest BCUT2D eigenvalue weighted by atomic mass is 10.3. The lowest BCUT2D eigenvalue weighted by molar-refractivity contribution is 0.450. The van der Waals surface area contributed by atoms with Crippen molar-refractivity contribution < 1.29 is 17.7 Å². The summed E-state index contributed by atoms with van der Waals surface area (Å²) in [5, 5.41) is 0.188. The minimum atomic E-state index is -4.55. The van der Waals surface area contributed by atoms with Crippen molar-refractivity contribution in [3.8, 4) is 11.5 Å². The van der Waals surface area contributed by atoms with Gasteiger partial charge in [0.25, 0.3) is 10.1 Å². The second-order valence-electron chi connectivity index (χ2n) is 3.98. The Hall–Kier alpha value is -1.18. The molecule has 0 aromatic heterocycles. The maximum absolute atomic E-state index is 11.4. The average Bonchev–Trinajstić information content (AvgIpc) is 2.35. The molecule has 0 spiro atoms. The third-order valence-electron chi connectivity index (χ3n) is 2.44. The number of hydrogen-bond acceptors (Lipinski definition) is 4. The Kier molecular flexibility index (Phi) is 4.55. The van der Waals surface area contributed by atoms with Gasteiger partial charge < -0.3 is 10.5 Å². The van der Waals surface area contributed by atoms with Crippen molar-refractivity contribution in [1.29, 1.82) is 0 Å². The molecule has 2 aromatic rings. The highest BCUT2D eigenvalue weighted by molar-refractivity contribution is 7.86. The molecule has 3 N–H and O–H groups in total. The van der Waals surface area contributed by atoms with E-state index in [1.54, 1.807) is 0 Å². The molecule has 0 aliphatic rings. The topological polar surface area (TPSA) is 89.6 Å². The number of ether oxygens (including phenoxy) is 1. The van der Waals surface area contributed by atoms with Crippen LogP contribution in [-0.2, 0) is 10.1 Å². The molecule has 2 rings (SSSR count). The van der Waals surface area contributed by atoms with E-state index in [2.05, 4.69) is 0 Å². The summed E-state index contributed by atoms with van der Waals surface area (Å²) in [5.41, 5.74) is 5.96. The Balaban J connectivity index is 2.56. The van der Waals surface area contributed by atoms with Gasteiger partial charge >= 0.3 is 0 Å². The van der Waals surface area contributed by atoms with Crippen LogP contribution in [0.5, 0.6) is 11.5 Å². The Bertz CT molecular complexity index is 808. The Morgan fingerprint density at radius 3 is 2.14 bits per heavy atom. The smallest absolute Gasteiger partial charge is 0.298 e. The zero-order chi connectivity index (χ0) is 15.8. The highest BCUT2D eigenvalue weighted by atomic mass is 35.5. The van der Waals surface area contributed by atoms with Crippen LogP contribution in [0.2, 0.25) is 15.1 Å². The summed E-state index contributed by atoms with van der Waals surface area (Å²) >= 11 is 17.5. The molecule has 112 valence electrons. The fourth-order valence-electron chi connectivity index (χ4n) is 1.51. The lowest BCUT2D eigenvalue weighted by Gasteiger charge is -2.12. The molecule has 0 unspecified atom stereocenters. The summed E-state index contributed by atoms with van der Waals surface area (Å²) in [6, 6.07) is 6.56. The van der Waals surface area contributed by atoms with Crippen molar-refractivity contribution in [3.05, 3.63) is 45.4 Å². The molecule has 0 saturated carbocycles. The van der Waals surface area contributed by atoms with Crippen LogP contribution in [0.4, 0.5) is 5.69 Å². The monoisotopic (exact) mass is 367 g/mol. The molecule has 0 amide bonds. The van der Waals surface area contributed by atoms with Gasteiger partial charge in [0.15, 0.2) is 0 Å². The van der Waals surface area contributed by atoms with Gasteiger partial charge in [-0.1, -0.05) is 34.8 Å². The molecular weight excluding hydrogens is 361 g/mol. The molecule has 9 heteroatoms. The predicted molar refractivity (Wildman–Crippen MR) is 82.2 cm³/mol. The lowest BCUT2D eigenvalue weighted by Crippen LogP contribution is -2.01. The van der Waals surface area contributed by atoms with E-state index in [1.165, 1.54) is 24.3 Å². The van der Waals surface area contributed by atoms with Gasteiger partial charge in [-0.2, -0.15) is 8.42 Å². The van der Waals surface area contributed by atoms with Gasteiger partial charge in [0, 0.05) is 11.8 Å². The van der Waals surface area contributed by atoms with Crippen LogP contribution in [0.15, 0.2) is 35.2 Å². The van der Waals surface area contributed by atoms with Crippen molar-refractivity contribution in [3.63, 3.8) is 0 Å². The highest BCUT2D eigenvalue weighted by Crippen LogP contribution is 2.38. The Morgan fingerprint density at radius 2 is 1.57 bits per heavy atom. The molecule has 0 aliphatic heterocycles. The SMILES string of the molecule is Nc1ccc(Oc2cc(Cl)c(Cl)cc2S(=O)(=O)O)c(Cl)c1. The third kappa shape index (κ3) is 3.72. The fraction of sp³-hybridized carbons (Fsp3) is 0. The first-order valence-electron chi connectivity index (χ1n) is 5.38. The second kappa shape index (κ2) is 5.90. The van der Waals surface area contributed by atoms with Gasteiger partial charge in [-0.25, -0.2) is 0 Å². The molecule has 0 radical (unpaired) electrons. The van der Waals surface area contributed by atoms with Crippen molar-refractivity contribution >= 4 is 50.6 Å². The zero-order valence-electron chi connectivity index (χ0n) is 10.2. The van der Waals surface area contributed by atoms with Crippen LogP contribution in [0.25, 0.3) is 0 Å². The number of hydrogen-bond donors (Lipinski definition) is 2. The van der Waals surface area contributed by atoms with Crippen LogP contribution in [-0.4, -0.2) is 13.0 Å². The van der Waals surface area contributed by atoms with Crippen LogP contribution in [0.3, 0.4) is 0 Å². The fourth-order valence-corrected chi connectivity index (χ4v) is 2.74. The van der Waals surface area contributed by atoms with E-state index in [4.69, 9.17) is 45.3 Å². The number of benzene rings is 2. The van der Waals surface area contributed by atoms with E-state index >= 15 is 0 Å². The van der Waals surface area contributed by atoms with Gasteiger partial charge in [-0.05, 0) is 24.3 Å².